The first-order valence-electron chi connectivity index (χ1n) is 20.8. The average Bonchev–Trinajstić information content (AvgIpc) is 3.77. The summed E-state index contributed by atoms with van der Waals surface area (Å²) in [5.41, 5.74) is 16.1. The van der Waals surface area contributed by atoms with Gasteiger partial charge in [0.05, 0.1) is 22.4 Å². The fourth-order valence-electron chi connectivity index (χ4n) is 10.2. The highest BCUT2D eigenvalue weighted by molar-refractivity contribution is 6.16. The van der Waals surface area contributed by atoms with Gasteiger partial charge in [0.15, 0.2) is 5.82 Å². The molecule has 2 heterocycles. The van der Waals surface area contributed by atoms with Crippen LogP contribution in [0.4, 0.5) is 0 Å². The minimum Gasteiger partial charge on any atom is -0.309 e. The monoisotopic (exact) mass is 765 g/mol. The van der Waals surface area contributed by atoms with Crippen molar-refractivity contribution in [3.05, 3.63) is 211 Å². The Kier molecular flexibility index (Phi) is 7.58. The van der Waals surface area contributed by atoms with Gasteiger partial charge in [-0.05, 0) is 85.3 Å². The second kappa shape index (κ2) is 13.2. The van der Waals surface area contributed by atoms with E-state index in [2.05, 4.69) is 213 Å². The zero-order valence-electron chi connectivity index (χ0n) is 33.4. The Bertz CT molecular complexity index is 3500. The van der Waals surface area contributed by atoms with Gasteiger partial charge < -0.3 is 4.57 Å². The second-order valence-electron chi connectivity index (χ2n) is 16.5. The fraction of sp³-hybridized carbons (Fsp3) is 0.0526. The van der Waals surface area contributed by atoms with Crippen molar-refractivity contribution < 1.29 is 0 Å². The standard InChI is InChI=1S/C57H39N3/c1-57(2)48-34-31-36-17-9-10-22-39(36)53(48)47-28-15-26-44(55(47)57)42-32-33-43(41-24-12-11-23-40(41)42)49-35-50(59-56(58-49)37-18-5-3-6-19-37)45-27-16-30-52-54(45)46-25-13-14-29-51(46)60(52)38-20-7-4-8-21-38/h3-35H,1-2H3. The summed E-state index contributed by atoms with van der Waals surface area (Å²) in [6, 6.07) is 72.2. The second-order valence-corrected chi connectivity index (χ2v) is 16.5. The van der Waals surface area contributed by atoms with Gasteiger partial charge in [-0.3, -0.25) is 0 Å². The number of aromatic nitrogens is 3. The van der Waals surface area contributed by atoms with E-state index in [0.29, 0.717) is 5.82 Å². The van der Waals surface area contributed by atoms with Crippen molar-refractivity contribution in [3.8, 4) is 61.8 Å². The van der Waals surface area contributed by atoms with Gasteiger partial charge in [0.2, 0.25) is 0 Å². The van der Waals surface area contributed by atoms with Crippen LogP contribution in [-0.2, 0) is 5.41 Å². The Morgan fingerprint density at radius 2 is 1.00 bits per heavy atom. The zero-order valence-corrected chi connectivity index (χ0v) is 33.4. The van der Waals surface area contributed by atoms with Crippen molar-refractivity contribution in [3.63, 3.8) is 0 Å². The third-order valence-electron chi connectivity index (χ3n) is 12.8. The lowest BCUT2D eigenvalue weighted by Gasteiger charge is -2.25. The Balaban J connectivity index is 1.08. The number of benzene rings is 9. The summed E-state index contributed by atoms with van der Waals surface area (Å²) in [5, 5.41) is 7.32. The maximum atomic E-state index is 5.37. The van der Waals surface area contributed by atoms with Crippen molar-refractivity contribution in [2.75, 3.05) is 0 Å². The molecule has 0 radical (unpaired) electrons. The van der Waals surface area contributed by atoms with Crippen LogP contribution in [0.2, 0.25) is 0 Å². The van der Waals surface area contributed by atoms with Gasteiger partial charge in [0, 0.05) is 38.6 Å². The molecule has 282 valence electrons. The van der Waals surface area contributed by atoms with Crippen molar-refractivity contribution in [2.45, 2.75) is 19.3 Å². The van der Waals surface area contributed by atoms with Gasteiger partial charge in [-0.1, -0.05) is 184 Å². The summed E-state index contributed by atoms with van der Waals surface area (Å²) < 4.78 is 2.36. The van der Waals surface area contributed by atoms with Crippen LogP contribution >= 0.6 is 0 Å². The van der Waals surface area contributed by atoms with Crippen molar-refractivity contribution in [2.24, 2.45) is 0 Å². The molecule has 0 atom stereocenters. The topological polar surface area (TPSA) is 30.7 Å². The molecule has 1 aliphatic rings. The summed E-state index contributed by atoms with van der Waals surface area (Å²) in [6.07, 6.45) is 0. The Morgan fingerprint density at radius 1 is 0.417 bits per heavy atom. The van der Waals surface area contributed by atoms with E-state index < -0.39 is 0 Å². The smallest absolute Gasteiger partial charge is 0.160 e. The number of nitrogens with zero attached hydrogens (tertiary/aromatic N) is 3. The average molecular weight is 766 g/mol. The first-order chi connectivity index (χ1) is 29.5. The summed E-state index contributed by atoms with van der Waals surface area (Å²) in [4.78, 5) is 10.7. The molecule has 60 heavy (non-hydrogen) atoms. The van der Waals surface area contributed by atoms with Gasteiger partial charge >= 0.3 is 0 Å². The summed E-state index contributed by atoms with van der Waals surface area (Å²) in [5.74, 6) is 0.702. The molecule has 3 heteroatoms. The summed E-state index contributed by atoms with van der Waals surface area (Å²) >= 11 is 0. The fourth-order valence-corrected chi connectivity index (χ4v) is 10.2. The Hall–Kier alpha value is -7.62. The van der Waals surface area contributed by atoms with Crippen molar-refractivity contribution in [1.29, 1.82) is 0 Å². The maximum Gasteiger partial charge on any atom is 0.160 e. The minimum absolute atomic E-state index is 0.179. The van der Waals surface area contributed by atoms with E-state index in [1.54, 1.807) is 0 Å². The zero-order chi connectivity index (χ0) is 40.0. The van der Waals surface area contributed by atoms with E-state index in [4.69, 9.17) is 9.97 Å². The van der Waals surface area contributed by atoms with Crippen LogP contribution in [-0.4, -0.2) is 14.5 Å². The quantitative estimate of drug-likeness (QED) is 0.175. The number of fused-ring (bicyclic) bond motifs is 9. The molecule has 0 bridgehead atoms. The third kappa shape index (κ3) is 5.09. The van der Waals surface area contributed by atoms with Crippen molar-refractivity contribution >= 4 is 43.4 Å². The number of rotatable bonds is 5. The highest BCUT2D eigenvalue weighted by Crippen LogP contribution is 2.55. The van der Waals surface area contributed by atoms with Gasteiger partial charge in [0.1, 0.15) is 0 Å². The van der Waals surface area contributed by atoms with Crippen LogP contribution < -0.4 is 0 Å². The maximum absolute atomic E-state index is 5.37. The Morgan fingerprint density at radius 3 is 1.80 bits per heavy atom. The lowest BCUT2D eigenvalue weighted by molar-refractivity contribution is 0.662. The highest BCUT2D eigenvalue weighted by Gasteiger charge is 2.38. The van der Waals surface area contributed by atoms with Crippen LogP contribution in [0.5, 0.6) is 0 Å². The summed E-state index contributed by atoms with van der Waals surface area (Å²) in [7, 11) is 0. The van der Waals surface area contributed by atoms with Crippen LogP contribution in [0, 0.1) is 0 Å². The van der Waals surface area contributed by atoms with E-state index in [1.165, 1.54) is 60.3 Å². The van der Waals surface area contributed by atoms with E-state index in [0.717, 1.165) is 50.2 Å². The molecule has 2 aromatic heterocycles. The molecule has 0 saturated heterocycles. The van der Waals surface area contributed by atoms with E-state index in [-0.39, 0.29) is 5.41 Å². The third-order valence-corrected chi connectivity index (χ3v) is 12.8. The molecule has 0 unspecified atom stereocenters. The van der Waals surface area contributed by atoms with Gasteiger partial charge in [0.25, 0.3) is 0 Å². The minimum atomic E-state index is -0.179. The number of hydrogen-bond acceptors (Lipinski definition) is 2. The van der Waals surface area contributed by atoms with Crippen LogP contribution in [0.3, 0.4) is 0 Å². The molecule has 1 aliphatic carbocycles. The van der Waals surface area contributed by atoms with E-state index in [9.17, 15) is 0 Å². The molecular formula is C57H39N3. The molecule has 0 spiro atoms. The molecule has 3 nitrogen and oxygen atoms in total. The predicted molar refractivity (Wildman–Crippen MR) is 251 cm³/mol. The number of hydrogen-bond donors (Lipinski definition) is 0. The molecular weight excluding hydrogens is 727 g/mol. The molecule has 0 amide bonds. The van der Waals surface area contributed by atoms with Crippen molar-refractivity contribution in [1.82, 2.24) is 14.5 Å². The van der Waals surface area contributed by atoms with E-state index in [1.807, 2.05) is 6.07 Å². The normalized spacial score (nSPS) is 13.0. The molecule has 0 aliphatic heterocycles. The van der Waals surface area contributed by atoms with Crippen LogP contribution in [0.15, 0.2) is 200 Å². The van der Waals surface area contributed by atoms with E-state index >= 15 is 0 Å². The molecule has 9 aromatic carbocycles. The lowest BCUT2D eigenvalue weighted by Crippen LogP contribution is -2.16. The predicted octanol–water partition coefficient (Wildman–Crippen LogP) is 14.9. The molecule has 0 N–H and O–H groups in total. The van der Waals surface area contributed by atoms with Gasteiger partial charge in [-0.25, -0.2) is 9.97 Å². The largest absolute Gasteiger partial charge is 0.309 e. The molecule has 12 rings (SSSR count). The van der Waals surface area contributed by atoms with Crippen LogP contribution in [0.1, 0.15) is 25.0 Å². The van der Waals surface area contributed by atoms with Gasteiger partial charge in [-0.15, -0.1) is 0 Å². The first-order valence-corrected chi connectivity index (χ1v) is 20.8. The van der Waals surface area contributed by atoms with Crippen LogP contribution in [0.25, 0.3) is 105 Å². The number of para-hydroxylation sites is 2. The molecule has 0 fully saturated rings. The lowest BCUT2D eigenvalue weighted by atomic mass is 9.78. The Labute approximate surface area is 348 Å². The summed E-state index contributed by atoms with van der Waals surface area (Å²) in [6.45, 7) is 4.77. The molecule has 11 aromatic rings. The van der Waals surface area contributed by atoms with Gasteiger partial charge in [-0.2, -0.15) is 0 Å². The first kappa shape index (κ1) is 34.4. The molecule has 0 saturated carbocycles. The highest BCUT2D eigenvalue weighted by atomic mass is 15.0. The SMILES string of the molecule is CC1(C)c2ccc3ccccc3c2-c2cccc(-c3ccc(-c4cc(-c5cccc6c5c5ccccc5n6-c5ccccc5)nc(-c5ccccc5)n4)c4ccccc34)c21.